The quantitative estimate of drug-likeness (QED) is 0.211. The number of allylic oxidation sites excluding steroid dienone is 2. The van der Waals surface area contributed by atoms with E-state index >= 15 is 0 Å². The summed E-state index contributed by atoms with van der Waals surface area (Å²) in [4.78, 5) is 11.4. The molecule has 3 heteroatoms. The molecule has 0 aromatic heterocycles. The van der Waals surface area contributed by atoms with Crippen molar-refractivity contribution in [3.63, 3.8) is 0 Å². The molecular formula is C31H51ClO2. The van der Waals surface area contributed by atoms with E-state index in [1.165, 1.54) is 45.4 Å². The SMILES string of the molecule is CC[C@H](/C=C/[C@H](C)[C@@H]1CC[C@@H]2[C@@H]3CC[C@@]4(Cl)C[C@H](OC(C)=O)CC[C@]4(C)[C@H]3CC[C@]21C)C(C)C. The fourth-order valence-corrected chi connectivity index (χ4v) is 10.2. The number of hydrogen-bond donors (Lipinski definition) is 0. The van der Waals surface area contributed by atoms with Gasteiger partial charge in [-0.15, -0.1) is 11.6 Å². The molecule has 0 aliphatic heterocycles. The van der Waals surface area contributed by atoms with Gasteiger partial charge >= 0.3 is 5.97 Å². The van der Waals surface area contributed by atoms with Crippen LogP contribution in [-0.4, -0.2) is 16.9 Å². The molecule has 10 atom stereocenters. The van der Waals surface area contributed by atoms with Gasteiger partial charge in [-0.05, 0) is 110 Å². The summed E-state index contributed by atoms with van der Waals surface area (Å²) >= 11 is 7.48. The summed E-state index contributed by atoms with van der Waals surface area (Å²) in [7, 11) is 0. The molecule has 4 rings (SSSR count). The van der Waals surface area contributed by atoms with E-state index in [4.69, 9.17) is 16.3 Å². The highest BCUT2D eigenvalue weighted by molar-refractivity contribution is 6.24. The Morgan fingerprint density at radius 1 is 1.00 bits per heavy atom. The zero-order valence-corrected chi connectivity index (χ0v) is 23.8. The summed E-state index contributed by atoms with van der Waals surface area (Å²) in [5.74, 6) is 5.16. The smallest absolute Gasteiger partial charge is 0.302 e. The normalized spacial score (nSPS) is 46.0. The van der Waals surface area contributed by atoms with Gasteiger partial charge in [0.15, 0.2) is 0 Å². The first-order chi connectivity index (χ1) is 15.9. The number of halogens is 1. The molecule has 0 bridgehead atoms. The summed E-state index contributed by atoms with van der Waals surface area (Å²) in [5, 5.41) is 0. The van der Waals surface area contributed by atoms with Crippen LogP contribution in [0.3, 0.4) is 0 Å². The number of ether oxygens (including phenoxy) is 1. The predicted octanol–water partition coefficient (Wildman–Crippen LogP) is 8.81. The third-order valence-electron chi connectivity index (χ3n) is 11.7. The van der Waals surface area contributed by atoms with Crippen molar-refractivity contribution < 1.29 is 9.53 Å². The minimum absolute atomic E-state index is 0.00904. The van der Waals surface area contributed by atoms with Gasteiger partial charge in [0.1, 0.15) is 6.10 Å². The minimum atomic E-state index is -0.208. The summed E-state index contributed by atoms with van der Waals surface area (Å²) in [5.41, 5.74) is 0.646. The molecule has 0 aromatic carbocycles. The maximum absolute atomic E-state index is 11.6. The Kier molecular flexibility index (Phi) is 7.62. The van der Waals surface area contributed by atoms with Crippen molar-refractivity contribution in [1.29, 1.82) is 0 Å². The van der Waals surface area contributed by atoms with Gasteiger partial charge < -0.3 is 4.74 Å². The molecule has 0 radical (unpaired) electrons. The van der Waals surface area contributed by atoms with Gasteiger partial charge in [0.25, 0.3) is 0 Å². The second kappa shape index (κ2) is 9.75. The first kappa shape index (κ1) is 26.6. The van der Waals surface area contributed by atoms with E-state index in [0.717, 1.165) is 55.3 Å². The lowest BCUT2D eigenvalue weighted by molar-refractivity contribution is -0.157. The zero-order valence-electron chi connectivity index (χ0n) is 23.0. The molecule has 0 saturated heterocycles. The number of fused-ring (bicyclic) bond motifs is 5. The fraction of sp³-hybridized carbons (Fsp3) is 0.903. The second-order valence-electron chi connectivity index (χ2n) is 13.6. The van der Waals surface area contributed by atoms with Gasteiger partial charge in [-0.3, -0.25) is 4.79 Å². The van der Waals surface area contributed by atoms with Gasteiger partial charge in [0, 0.05) is 13.3 Å². The molecule has 4 aliphatic rings. The van der Waals surface area contributed by atoms with Gasteiger partial charge in [-0.1, -0.05) is 53.7 Å². The maximum Gasteiger partial charge on any atom is 0.302 e. The van der Waals surface area contributed by atoms with Crippen LogP contribution < -0.4 is 0 Å². The Labute approximate surface area is 215 Å². The number of carbonyl (C=O) groups is 1. The molecule has 0 amide bonds. The molecule has 0 aromatic rings. The first-order valence-electron chi connectivity index (χ1n) is 14.5. The second-order valence-corrected chi connectivity index (χ2v) is 14.3. The van der Waals surface area contributed by atoms with E-state index in [0.29, 0.717) is 17.3 Å². The first-order valence-corrected chi connectivity index (χ1v) is 14.9. The van der Waals surface area contributed by atoms with Crippen molar-refractivity contribution in [3.8, 4) is 0 Å². The van der Waals surface area contributed by atoms with E-state index in [9.17, 15) is 4.79 Å². The zero-order chi connectivity index (χ0) is 24.9. The number of rotatable bonds is 6. The van der Waals surface area contributed by atoms with E-state index < -0.39 is 0 Å². The molecule has 0 N–H and O–H groups in total. The van der Waals surface area contributed by atoms with Gasteiger partial charge in [0.2, 0.25) is 0 Å². The van der Waals surface area contributed by atoms with Crippen molar-refractivity contribution in [2.75, 3.05) is 0 Å². The van der Waals surface area contributed by atoms with Crippen LogP contribution in [0.4, 0.5) is 0 Å². The molecule has 4 saturated carbocycles. The molecule has 2 nitrogen and oxygen atoms in total. The van der Waals surface area contributed by atoms with E-state index in [-0.39, 0.29) is 22.4 Å². The molecule has 4 fully saturated rings. The van der Waals surface area contributed by atoms with Crippen molar-refractivity contribution in [2.24, 2.45) is 52.3 Å². The Balaban J connectivity index is 1.50. The summed E-state index contributed by atoms with van der Waals surface area (Å²) < 4.78 is 5.64. The van der Waals surface area contributed by atoms with Crippen molar-refractivity contribution in [1.82, 2.24) is 0 Å². The molecule has 0 unspecified atom stereocenters. The molecule has 0 spiro atoms. The predicted molar refractivity (Wildman–Crippen MR) is 143 cm³/mol. The molecular weight excluding hydrogens is 440 g/mol. The Bertz CT molecular complexity index is 775. The largest absolute Gasteiger partial charge is 0.462 e. The number of carbonyl (C=O) groups excluding carboxylic acids is 1. The summed E-state index contributed by atoms with van der Waals surface area (Å²) in [6.07, 6.45) is 17.1. The van der Waals surface area contributed by atoms with Crippen LogP contribution in [0.5, 0.6) is 0 Å². The van der Waals surface area contributed by atoms with Gasteiger partial charge in [-0.2, -0.15) is 0 Å². The van der Waals surface area contributed by atoms with Crippen LogP contribution in [0.25, 0.3) is 0 Å². The van der Waals surface area contributed by atoms with Gasteiger partial charge in [0.05, 0.1) is 4.87 Å². The van der Waals surface area contributed by atoms with Crippen molar-refractivity contribution >= 4 is 17.6 Å². The third kappa shape index (κ3) is 4.41. The average Bonchev–Trinajstić information content (AvgIpc) is 3.11. The lowest BCUT2D eigenvalue weighted by Crippen LogP contribution is -2.60. The Hall–Kier alpha value is -0.500. The van der Waals surface area contributed by atoms with Crippen LogP contribution >= 0.6 is 11.6 Å². The number of hydrogen-bond acceptors (Lipinski definition) is 2. The monoisotopic (exact) mass is 490 g/mol. The molecule has 0 heterocycles. The number of esters is 1. The van der Waals surface area contributed by atoms with E-state index in [1.54, 1.807) is 0 Å². The minimum Gasteiger partial charge on any atom is -0.462 e. The van der Waals surface area contributed by atoms with Crippen LogP contribution in [0.1, 0.15) is 113 Å². The number of alkyl halides is 1. The summed E-state index contributed by atoms with van der Waals surface area (Å²) in [6.45, 7) is 16.2. The van der Waals surface area contributed by atoms with Crippen molar-refractivity contribution in [2.45, 2.75) is 124 Å². The topological polar surface area (TPSA) is 26.3 Å². The average molecular weight is 491 g/mol. The lowest BCUT2D eigenvalue weighted by Gasteiger charge is -2.64. The fourth-order valence-electron chi connectivity index (χ4n) is 9.68. The lowest BCUT2D eigenvalue weighted by atomic mass is 9.44. The molecule has 34 heavy (non-hydrogen) atoms. The standard InChI is InChI=1S/C31H51ClO2/c1-8-23(20(2)3)10-9-21(4)26-11-12-27-25-14-18-31(32)19-24(34-22(5)33)13-17-30(31,7)28(25)15-16-29(26,27)6/h9-10,20-21,23-28H,8,11-19H2,1-7H3/b10-9+/t21-,23+,24+,25-,26-,27+,28-,29-,30+,31+/m0/s1. The van der Waals surface area contributed by atoms with E-state index in [1.807, 2.05) is 0 Å². The van der Waals surface area contributed by atoms with E-state index in [2.05, 4.69) is 53.7 Å². The Morgan fingerprint density at radius 3 is 2.38 bits per heavy atom. The van der Waals surface area contributed by atoms with Crippen LogP contribution in [0.15, 0.2) is 12.2 Å². The third-order valence-corrected chi connectivity index (χ3v) is 12.5. The highest BCUT2D eigenvalue weighted by Gasteiger charge is 2.64. The van der Waals surface area contributed by atoms with Crippen LogP contribution in [0.2, 0.25) is 0 Å². The molecule has 194 valence electrons. The maximum atomic E-state index is 11.6. The van der Waals surface area contributed by atoms with Crippen LogP contribution in [-0.2, 0) is 9.53 Å². The van der Waals surface area contributed by atoms with Gasteiger partial charge in [-0.25, -0.2) is 0 Å². The van der Waals surface area contributed by atoms with Crippen LogP contribution in [0, 0.1) is 52.3 Å². The highest BCUT2D eigenvalue weighted by Crippen LogP contribution is 2.70. The summed E-state index contributed by atoms with van der Waals surface area (Å²) in [6, 6.07) is 0. The van der Waals surface area contributed by atoms with Crippen molar-refractivity contribution in [3.05, 3.63) is 12.2 Å². The molecule has 4 aliphatic carbocycles. The Morgan fingerprint density at radius 2 is 1.74 bits per heavy atom. The highest BCUT2D eigenvalue weighted by atomic mass is 35.5.